The molecule has 1 aromatic heterocycles. The van der Waals surface area contributed by atoms with E-state index in [4.69, 9.17) is 10.5 Å². The molecule has 0 spiro atoms. The maximum atomic E-state index is 5.88. The second-order valence-electron chi connectivity index (χ2n) is 4.89. The molecule has 1 aliphatic rings. The molecule has 0 aliphatic heterocycles. The van der Waals surface area contributed by atoms with Gasteiger partial charge in [-0.2, -0.15) is 0 Å². The smallest absolute Gasteiger partial charge is 0.221 e. The van der Waals surface area contributed by atoms with Gasteiger partial charge in [0.15, 0.2) is 0 Å². The lowest BCUT2D eigenvalue weighted by Gasteiger charge is -2.24. The third kappa shape index (κ3) is 2.72. The van der Waals surface area contributed by atoms with Crippen molar-refractivity contribution in [2.24, 2.45) is 11.7 Å². The van der Waals surface area contributed by atoms with E-state index < -0.39 is 0 Å². The van der Waals surface area contributed by atoms with Crippen LogP contribution in [0.4, 0.5) is 5.82 Å². The monoisotopic (exact) mass is 250 g/mol. The average molecular weight is 250 g/mol. The van der Waals surface area contributed by atoms with Crippen LogP contribution in [0.3, 0.4) is 0 Å². The number of hydrogen-bond donors (Lipinski definition) is 2. The van der Waals surface area contributed by atoms with Crippen molar-refractivity contribution in [2.45, 2.75) is 38.6 Å². The van der Waals surface area contributed by atoms with Crippen LogP contribution in [0.25, 0.3) is 0 Å². The zero-order valence-corrected chi connectivity index (χ0v) is 11.1. The summed E-state index contributed by atoms with van der Waals surface area (Å²) >= 11 is 0. The highest BCUT2D eigenvalue weighted by molar-refractivity contribution is 5.48. The van der Waals surface area contributed by atoms with Crippen molar-refractivity contribution < 1.29 is 4.74 Å². The zero-order valence-electron chi connectivity index (χ0n) is 11.1. The average Bonchev–Trinajstić information content (AvgIpc) is 2.91. The lowest BCUT2D eigenvalue weighted by atomic mass is 9.98. The molecule has 18 heavy (non-hydrogen) atoms. The van der Waals surface area contributed by atoms with E-state index in [1.807, 2.05) is 6.92 Å². The number of ether oxygens (including phenoxy) is 1. The van der Waals surface area contributed by atoms with Crippen molar-refractivity contribution in [2.75, 3.05) is 19.0 Å². The Balaban J connectivity index is 2.11. The zero-order chi connectivity index (χ0) is 13.0. The molecule has 1 aliphatic carbocycles. The molecule has 1 fully saturated rings. The van der Waals surface area contributed by atoms with Crippen LogP contribution in [0.2, 0.25) is 0 Å². The molecule has 1 unspecified atom stereocenters. The highest BCUT2D eigenvalue weighted by Gasteiger charge is 2.24. The predicted octanol–water partition coefficient (Wildman–Crippen LogP) is 1.72. The fourth-order valence-corrected chi connectivity index (χ4v) is 2.69. The van der Waals surface area contributed by atoms with Crippen molar-refractivity contribution in [3.63, 3.8) is 0 Å². The number of nitrogens with zero attached hydrogens (tertiary/aromatic N) is 2. The van der Waals surface area contributed by atoms with Gasteiger partial charge in [0.1, 0.15) is 12.1 Å². The third-order valence-electron chi connectivity index (χ3n) is 3.78. The normalized spacial score (nSPS) is 17.7. The Kier molecular flexibility index (Phi) is 4.36. The van der Waals surface area contributed by atoms with E-state index in [1.54, 1.807) is 7.11 Å². The third-order valence-corrected chi connectivity index (χ3v) is 3.78. The van der Waals surface area contributed by atoms with E-state index in [1.165, 1.54) is 32.0 Å². The molecule has 100 valence electrons. The van der Waals surface area contributed by atoms with Gasteiger partial charge in [-0.15, -0.1) is 0 Å². The van der Waals surface area contributed by atoms with E-state index >= 15 is 0 Å². The Morgan fingerprint density at radius 1 is 1.44 bits per heavy atom. The van der Waals surface area contributed by atoms with E-state index in [-0.39, 0.29) is 0 Å². The van der Waals surface area contributed by atoms with E-state index in [9.17, 15) is 0 Å². The first-order chi connectivity index (χ1) is 8.76. The molecule has 0 saturated heterocycles. The van der Waals surface area contributed by atoms with Crippen LogP contribution in [0.1, 0.15) is 31.2 Å². The molecule has 5 nitrogen and oxygen atoms in total. The van der Waals surface area contributed by atoms with Crippen molar-refractivity contribution in [1.82, 2.24) is 9.97 Å². The van der Waals surface area contributed by atoms with Crippen molar-refractivity contribution in [3.8, 4) is 5.88 Å². The summed E-state index contributed by atoms with van der Waals surface area (Å²) in [6.45, 7) is 2.60. The number of hydrogen-bond acceptors (Lipinski definition) is 5. The molecule has 0 aromatic carbocycles. The second-order valence-corrected chi connectivity index (χ2v) is 4.89. The Morgan fingerprint density at radius 3 is 2.78 bits per heavy atom. The standard InChI is InChI=1S/C13H22N4O/c1-9-12(15-8-16-13(9)18-2)17-11(7-14)10-5-3-4-6-10/h8,10-11H,3-7,14H2,1-2H3,(H,15,16,17). The highest BCUT2D eigenvalue weighted by atomic mass is 16.5. The molecular formula is C13H22N4O. The van der Waals surface area contributed by atoms with Gasteiger partial charge in [0, 0.05) is 12.6 Å². The second kappa shape index (κ2) is 6.00. The molecule has 1 heterocycles. The predicted molar refractivity (Wildman–Crippen MR) is 71.7 cm³/mol. The van der Waals surface area contributed by atoms with Crippen LogP contribution < -0.4 is 15.8 Å². The van der Waals surface area contributed by atoms with E-state index in [0.29, 0.717) is 24.4 Å². The molecule has 3 N–H and O–H groups in total. The Morgan fingerprint density at radius 2 is 2.17 bits per heavy atom. The lowest BCUT2D eigenvalue weighted by Crippen LogP contribution is -2.35. The molecular weight excluding hydrogens is 228 g/mol. The number of rotatable bonds is 5. The van der Waals surface area contributed by atoms with Crippen LogP contribution in [0, 0.1) is 12.8 Å². The molecule has 0 amide bonds. The summed E-state index contributed by atoms with van der Waals surface area (Å²) in [5.74, 6) is 2.12. The summed E-state index contributed by atoms with van der Waals surface area (Å²) < 4.78 is 5.20. The van der Waals surface area contributed by atoms with Crippen LogP contribution in [-0.4, -0.2) is 29.7 Å². The van der Waals surface area contributed by atoms with E-state index in [2.05, 4.69) is 15.3 Å². The Bertz CT molecular complexity index is 391. The SMILES string of the molecule is COc1ncnc(NC(CN)C2CCCC2)c1C. The minimum absolute atomic E-state index is 0.297. The molecule has 0 bridgehead atoms. The lowest BCUT2D eigenvalue weighted by molar-refractivity contribution is 0.393. The minimum Gasteiger partial charge on any atom is -0.481 e. The minimum atomic E-state index is 0.297. The molecule has 1 atom stereocenters. The summed E-state index contributed by atoms with van der Waals surface area (Å²) in [5.41, 5.74) is 6.83. The van der Waals surface area contributed by atoms with Crippen molar-refractivity contribution >= 4 is 5.82 Å². The van der Waals surface area contributed by atoms with Crippen LogP contribution in [-0.2, 0) is 0 Å². The highest BCUT2D eigenvalue weighted by Crippen LogP contribution is 2.30. The van der Waals surface area contributed by atoms with Gasteiger partial charge in [-0.1, -0.05) is 12.8 Å². The Hall–Kier alpha value is -1.36. The molecule has 2 rings (SSSR count). The maximum Gasteiger partial charge on any atom is 0.221 e. The first-order valence-corrected chi connectivity index (χ1v) is 6.58. The van der Waals surface area contributed by atoms with Gasteiger partial charge in [-0.25, -0.2) is 9.97 Å². The largest absolute Gasteiger partial charge is 0.481 e. The number of nitrogens with one attached hydrogen (secondary N) is 1. The van der Waals surface area contributed by atoms with Gasteiger partial charge in [0.25, 0.3) is 0 Å². The van der Waals surface area contributed by atoms with Gasteiger partial charge in [-0.3, -0.25) is 0 Å². The number of methoxy groups -OCH3 is 1. The topological polar surface area (TPSA) is 73.1 Å². The van der Waals surface area contributed by atoms with E-state index in [0.717, 1.165) is 11.4 Å². The van der Waals surface area contributed by atoms with Gasteiger partial charge >= 0.3 is 0 Å². The quantitative estimate of drug-likeness (QED) is 0.832. The summed E-state index contributed by atoms with van der Waals surface area (Å²) in [6, 6.07) is 0.297. The van der Waals surface area contributed by atoms with Crippen molar-refractivity contribution in [1.29, 1.82) is 0 Å². The molecule has 1 saturated carbocycles. The summed E-state index contributed by atoms with van der Waals surface area (Å²) in [7, 11) is 1.62. The van der Waals surface area contributed by atoms with Crippen LogP contribution in [0.5, 0.6) is 5.88 Å². The molecule has 1 aromatic rings. The summed E-state index contributed by atoms with van der Waals surface area (Å²) in [6.07, 6.45) is 6.67. The first kappa shape index (κ1) is 13.1. The molecule has 5 heteroatoms. The van der Waals surface area contributed by atoms with Crippen LogP contribution >= 0.6 is 0 Å². The fraction of sp³-hybridized carbons (Fsp3) is 0.692. The molecule has 0 radical (unpaired) electrons. The van der Waals surface area contributed by atoms with Gasteiger partial charge in [0.2, 0.25) is 5.88 Å². The number of aromatic nitrogens is 2. The fourth-order valence-electron chi connectivity index (χ4n) is 2.69. The Labute approximate surface area is 108 Å². The van der Waals surface area contributed by atoms with Crippen LogP contribution in [0.15, 0.2) is 6.33 Å². The number of nitrogens with two attached hydrogens (primary N) is 1. The number of anilines is 1. The summed E-state index contributed by atoms with van der Waals surface area (Å²) in [5, 5.41) is 3.46. The van der Waals surface area contributed by atoms with Crippen molar-refractivity contribution in [3.05, 3.63) is 11.9 Å². The summed E-state index contributed by atoms with van der Waals surface area (Å²) in [4.78, 5) is 8.37. The van der Waals surface area contributed by atoms with Gasteiger partial charge in [0.05, 0.1) is 12.7 Å². The maximum absolute atomic E-state index is 5.88. The first-order valence-electron chi connectivity index (χ1n) is 6.58. The van der Waals surface area contributed by atoms with Gasteiger partial charge in [-0.05, 0) is 25.7 Å². The van der Waals surface area contributed by atoms with Gasteiger partial charge < -0.3 is 15.8 Å².